The molecule has 2 aromatic carbocycles. The van der Waals surface area contributed by atoms with E-state index in [0.29, 0.717) is 35.2 Å². The number of halogens is 1. The number of hydrogen-bond acceptors (Lipinski definition) is 5. The van der Waals surface area contributed by atoms with Crippen LogP contribution in [-0.4, -0.2) is 25.5 Å². The number of Topliss-reactive ketones (excluding diaryl/α,β-unsaturated/α-hetero) is 1. The van der Waals surface area contributed by atoms with Crippen molar-refractivity contribution in [2.75, 3.05) is 13.7 Å². The summed E-state index contributed by atoms with van der Waals surface area (Å²) in [5.74, 6) is -0.683. The van der Waals surface area contributed by atoms with Gasteiger partial charge in [0, 0.05) is 29.3 Å². The van der Waals surface area contributed by atoms with Gasteiger partial charge in [0.1, 0.15) is 11.6 Å². The normalized spacial score (nSPS) is 20.2. The second kappa shape index (κ2) is 9.84. The van der Waals surface area contributed by atoms with Crippen LogP contribution in [0.1, 0.15) is 56.6 Å². The number of ether oxygens (including phenoxy) is 2. The second-order valence-corrected chi connectivity index (χ2v) is 9.34. The summed E-state index contributed by atoms with van der Waals surface area (Å²) in [5, 5.41) is 3.32. The lowest BCUT2D eigenvalue weighted by Crippen LogP contribution is -2.36. The van der Waals surface area contributed by atoms with Crippen LogP contribution in [0.4, 0.5) is 4.39 Å². The van der Waals surface area contributed by atoms with Gasteiger partial charge in [-0.1, -0.05) is 38.1 Å². The van der Waals surface area contributed by atoms with Gasteiger partial charge in [0.25, 0.3) is 0 Å². The van der Waals surface area contributed by atoms with Crippen molar-refractivity contribution in [1.29, 1.82) is 0 Å². The fourth-order valence-electron chi connectivity index (χ4n) is 4.76. The SMILES string of the molecule is COc1ccc(C2CC(=O)C3=C(C2)NC(C)=C(C(=O)OCC(C)C)C3c2cccc(F)c2)cc1. The predicted molar refractivity (Wildman–Crippen MR) is 128 cm³/mol. The van der Waals surface area contributed by atoms with E-state index in [1.807, 2.05) is 45.0 Å². The molecular formula is C28H30FNO4. The van der Waals surface area contributed by atoms with Gasteiger partial charge in [-0.2, -0.15) is 0 Å². The van der Waals surface area contributed by atoms with Crippen LogP contribution in [0.5, 0.6) is 5.75 Å². The summed E-state index contributed by atoms with van der Waals surface area (Å²) in [6, 6.07) is 13.9. The van der Waals surface area contributed by atoms with Gasteiger partial charge in [-0.15, -0.1) is 0 Å². The first kappa shape index (κ1) is 23.7. The summed E-state index contributed by atoms with van der Waals surface area (Å²) in [4.78, 5) is 26.7. The molecule has 2 aromatic rings. The smallest absolute Gasteiger partial charge is 0.336 e. The minimum absolute atomic E-state index is 0.0000538. The third kappa shape index (κ3) is 4.76. The van der Waals surface area contributed by atoms with Gasteiger partial charge in [0.2, 0.25) is 0 Å². The van der Waals surface area contributed by atoms with Crippen molar-refractivity contribution in [3.63, 3.8) is 0 Å². The molecule has 4 rings (SSSR count). The number of dihydropyridines is 1. The summed E-state index contributed by atoms with van der Waals surface area (Å²) in [6.45, 7) is 6.00. The van der Waals surface area contributed by atoms with Crippen LogP contribution in [0.15, 0.2) is 71.1 Å². The number of hydrogen-bond donors (Lipinski definition) is 1. The van der Waals surface area contributed by atoms with Crippen LogP contribution in [0.25, 0.3) is 0 Å². The highest BCUT2D eigenvalue weighted by atomic mass is 19.1. The van der Waals surface area contributed by atoms with E-state index < -0.39 is 17.7 Å². The Labute approximate surface area is 199 Å². The molecular weight excluding hydrogens is 433 g/mol. The number of ketones is 1. The standard InChI is InChI=1S/C28H30FNO4/c1-16(2)15-34-28(32)25-17(3)30-23-13-20(18-8-10-22(33-4)11-9-18)14-24(31)27(23)26(25)19-6-5-7-21(29)12-19/h5-12,16,20,26,30H,13-15H2,1-4H3. The lowest BCUT2D eigenvalue weighted by Gasteiger charge is -2.36. The van der Waals surface area contributed by atoms with Gasteiger partial charge in [-0.3, -0.25) is 4.79 Å². The average Bonchev–Trinajstić information content (AvgIpc) is 2.81. The Morgan fingerprint density at radius 1 is 1.12 bits per heavy atom. The molecule has 1 aliphatic carbocycles. The molecule has 5 nitrogen and oxygen atoms in total. The average molecular weight is 464 g/mol. The number of carbonyl (C=O) groups is 2. The van der Waals surface area contributed by atoms with Gasteiger partial charge in [0.05, 0.1) is 19.3 Å². The molecule has 34 heavy (non-hydrogen) atoms. The minimum Gasteiger partial charge on any atom is -0.497 e. The summed E-state index contributed by atoms with van der Waals surface area (Å²) in [6.07, 6.45) is 0.927. The Morgan fingerprint density at radius 2 is 1.85 bits per heavy atom. The molecule has 2 unspecified atom stereocenters. The maximum atomic E-state index is 14.2. The molecule has 0 fully saturated rings. The number of esters is 1. The first-order valence-corrected chi connectivity index (χ1v) is 11.6. The van der Waals surface area contributed by atoms with Crippen molar-refractivity contribution < 1.29 is 23.5 Å². The highest BCUT2D eigenvalue weighted by Crippen LogP contribution is 2.45. The molecule has 0 amide bonds. The van der Waals surface area contributed by atoms with Gasteiger partial charge in [0.15, 0.2) is 5.78 Å². The Balaban J connectivity index is 1.74. The quantitative estimate of drug-likeness (QED) is 0.582. The van der Waals surface area contributed by atoms with Crippen molar-refractivity contribution in [1.82, 2.24) is 5.32 Å². The molecule has 0 spiro atoms. The van der Waals surface area contributed by atoms with E-state index in [-0.39, 0.29) is 24.2 Å². The van der Waals surface area contributed by atoms with Crippen LogP contribution < -0.4 is 10.1 Å². The van der Waals surface area contributed by atoms with E-state index in [9.17, 15) is 14.0 Å². The van der Waals surface area contributed by atoms with Gasteiger partial charge < -0.3 is 14.8 Å². The molecule has 2 atom stereocenters. The van der Waals surface area contributed by atoms with E-state index in [0.717, 1.165) is 17.0 Å². The van der Waals surface area contributed by atoms with Crippen molar-refractivity contribution >= 4 is 11.8 Å². The topological polar surface area (TPSA) is 64.6 Å². The summed E-state index contributed by atoms with van der Waals surface area (Å²) in [7, 11) is 1.62. The van der Waals surface area contributed by atoms with Crippen molar-refractivity contribution in [3.8, 4) is 5.75 Å². The molecule has 2 aliphatic rings. The molecule has 178 valence electrons. The Bertz CT molecular complexity index is 1160. The number of methoxy groups -OCH3 is 1. The zero-order valence-electron chi connectivity index (χ0n) is 20.0. The summed E-state index contributed by atoms with van der Waals surface area (Å²) < 4.78 is 25.0. The number of nitrogens with one attached hydrogen (secondary N) is 1. The molecule has 0 saturated carbocycles. The fourth-order valence-corrected chi connectivity index (χ4v) is 4.76. The molecule has 0 bridgehead atoms. The maximum Gasteiger partial charge on any atom is 0.336 e. The largest absolute Gasteiger partial charge is 0.497 e. The molecule has 1 heterocycles. The lowest BCUT2D eigenvalue weighted by molar-refractivity contribution is -0.140. The second-order valence-electron chi connectivity index (χ2n) is 9.34. The zero-order valence-corrected chi connectivity index (χ0v) is 20.0. The summed E-state index contributed by atoms with van der Waals surface area (Å²) >= 11 is 0. The Kier molecular flexibility index (Phi) is 6.87. The summed E-state index contributed by atoms with van der Waals surface area (Å²) in [5.41, 5.74) is 3.92. The number of rotatable bonds is 6. The van der Waals surface area contributed by atoms with Crippen molar-refractivity contribution in [3.05, 3.63) is 88.0 Å². The number of benzene rings is 2. The third-order valence-corrected chi connectivity index (χ3v) is 6.36. The fraction of sp³-hybridized carbons (Fsp3) is 0.357. The van der Waals surface area contributed by atoms with E-state index in [1.165, 1.54) is 12.1 Å². The van der Waals surface area contributed by atoms with Crippen LogP contribution in [0.3, 0.4) is 0 Å². The molecule has 0 radical (unpaired) electrons. The molecule has 0 saturated heterocycles. The van der Waals surface area contributed by atoms with Crippen LogP contribution in [-0.2, 0) is 14.3 Å². The van der Waals surface area contributed by atoms with Crippen molar-refractivity contribution in [2.24, 2.45) is 5.92 Å². The van der Waals surface area contributed by atoms with Crippen LogP contribution >= 0.6 is 0 Å². The van der Waals surface area contributed by atoms with Gasteiger partial charge >= 0.3 is 5.97 Å². The highest BCUT2D eigenvalue weighted by Gasteiger charge is 2.41. The number of allylic oxidation sites excluding steroid dienone is 3. The first-order valence-electron chi connectivity index (χ1n) is 11.6. The van der Waals surface area contributed by atoms with Gasteiger partial charge in [-0.25, -0.2) is 9.18 Å². The van der Waals surface area contributed by atoms with E-state index in [2.05, 4.69) is 5.32 Å². The van der Waals surface area contributed by atoms with E-state index >= 15 is 0 Å². The molecule has 1 N–H and O–H groups in total. The first-order chi connectivity index (χ1) is 16.3. The predicted octanol–water partition coefficient (Wildman–Crippen LogP) is 5.40. The van der Waals surface area contributed by atoms with Crippen LogP contribution in [0, 0.1) is 11.7 Å². The third-order valence-electron chi connectivity index (χ3n) is 6.36. The van der Waals surface area contributed by atoms with Crippen molar-refractivity contribution in [2.45, 2.75) is 45.4 Å². The monoisotopic (exact) mass is 463 g/mol. The van der Waals surface area contributed by atoms with E-state index in [4.69, 9.17) is 9.47 Å². The number of carbonyl (C=O) groups excluding carboxylic acids is 2. The van der Waals surface area contributed by atoms with E-state index in [1.54, 1.807) is 19.2 Å². The lowest BCUT2D eigenvalue weighted by atomic mass is 9.71. The Morgan fingerprint density at radius 3 is 2.50 bits per heavy atom. The molecule has 6 heteroatoms. The molecule has 1 aliphatic heterocycles. The zero-order chi connectivity index (χ0) is 24.4. The minimum atomic E-state index is -0.670. The van der Waals surface area contributed by atoms with Crippen LogP contribution in [0.2, 0.25) is 0 Å². The Hall–Kier alpha value is -3.41. The maximum absolute atomic E-state index is 14.2. The molecule has 0 aromatic heterocycles. The highest BCUT2D eigenvalue weighted by molar-refractivity contribution is 6.04. The van der Waals surface area contributed by atoms with Gasteiger partial charge in [-0.05, 0) is 60.6 Å².